The maximum atomic E-state index is 6.05. The fraction of sp³-hybridized carbons (Fsp3) is 0.200. The van der Waals surface area contributed by atoms with Crippen molar-refractivity contribution in [1.29, 1.82) is 0 Å². The minimum atomic E-state index is 0.240. The van der Waals surface area contributed by atoms with E-state index in [0.29, 0.717) is 0 Å². The van der Waals surface area contributed by atoms with E-state index < -0.39 is 0 Å². The molecule has 2 aromatic rings. The van der Waals surface area contributed by atoms with Gasteiger partial charge in [-0.1, -0.05) is 46.3 Å². The lowest BCUT2D eigenvalue weighted by Crippen LogP contribution is -2.04. The van der Waals surface area contributed by atoms with Gasteiger partial charge in [0.1, 0.15) is 0 Å². The second-order valence-electron chi connectivity index (χ2n) is 4.57. The molecule has 1 atom stereocenters. The number of fused-ring (bicyclic) bond motifs is 1. The van der Waals surface area contributed by atoms with Gasteiger partial charge in [-0.2, -0.15) is 0 Å². The van der Waals surface area contributed by atoms with E-state index in [-0.39, 0.29) is 6.04 Å². The van der Waals surface area contributed by atoms with Crippen LogP contribution in [0.5, 0.6) is 0 Å². The summed E-state index contributed by atoms with van der Waals surface area (Å²) in [6.07, 6.45) is 2.19. The topological polar surface area (TPSA) is 26.0 Å². The van der Waals surface area contributed by atoms with Crippen LogP contribution in [0.2, 0.25) is 0 Å². The number of nitrogens with two attached hydrogens (primary N) is 1. The van der Waals surface area contributed by atoms with Crippen LogP contribution in [0.25, 0.3) is 11.1 Å². The molecule has 0 spiro atoms. The molecule has 0 saturated carbocycles. The molecule has 1 unspecified atom stereocenters. The minimum absolute atomic E-state index is 0.240. The van der Waals surface area contributed by atoms with Crippen molar-refractivity contribution in [1.82, 2.24) is 0 Å². The van der Waals surface area contributed by atoms with Crippen molar-refractivity contribution >= 4 is 15.9 Å². The standard InChI is InChI=1S/C15H14BrN/c16-13-5-1-10(2-6-13)11-3-7-14-12(9-11)4-8-15(14)17/h1-3,5-7,9,15H,4,8,17H2. The second-order valence-corrected chi connectivity index (χ2v) is 5.48. The lowest BCUT2D eigenvalue weighted by molar-refractivity contribution is 0.713. The molecule has 0 aromatic heterocycles. The molecule has 3 rings (SSSR count). The highest BCUT2D eigenvalue weighted by Crippen LogP contribution is 2.32. The van der Waals surface area contributed by atoms with E-state index in [9.17, 15) is 0 Å². The van der Waals surface area contributed by atoms with Gasteiger partial charge in [0.25, 0.3) is 0 Å². The van der Waals surface area contributed by atoms with Crippen LogP contribution in [0.4, 0.5) is 0 Å². The molecule has 2 aromatic carbocycles. The van der Waals surface area contributed by atoms with E-state index in [2.05, 4.69) is 58.4 Å². The van der Waals surface area contributed by atoms with E-state index in [1.54, 1.807) is 0 Å². The van der Waals surface area contributed by atoms with Gasteiger partial charge >= 0.3 is 0 Å². The average Bonchev–Trinajstić information content (AvgIpc) is 2.72. The Kier molecular flexibility index (Phi) is 2.77. The summed E-state index contributed by atoms with van der Waals surface area (Å²) in [5, 5.41) is 0. The SMILES string of the molecule is NC1CCc2cc(-c3ccc(Br)cc3)ccc21. The zero-order valence-corrected chi connectivity index (χ0v) is 11.1. The fourth-order valence-electron chi connectivity index (χ4n) is 2.47. The molecular weight excluding hydrogens is 274 g/mol. The molecule has 0 heterocycles. The maximum absolute atomic E-state index is 6.05. The minimum Gasteiger partial charge on any atom is -0.324 e. The summed E-state index contributed by atoms with van der Waals surface area (Å²) in [4.78, 5) is 0. The summed E-state index contributed by atoms with van der Waals surface area (Å²) >= 11 is 3.46. The maximum Gasteiger partial charge on any atom is 0.0300 e. The van der Waals surface area contributed by atoms with Gasteiger partial charge in [-0.25, -0.2) is 0 Å². The predicted octanol–water partition coefficient (Wildman–Crippen LogP) is 4.06. The molecule has 0 radical (unpaired) electrons. The Morgan fingerprint density at radius 2 is 1.71 bits per heavy atom. The molecule has 0 fully saturated rings. The Labute approximate surface area is 110 Å². The quantitative estimate of drug-likeness (QED) is 0.841. The number of hydrogen-bond acceptors (Lipinski definition) is 1. The normalized spacial score (nSPS) is 18.1. The van der Waals surface area contributed by atoms with E-state index in [1.807, 2.05) is 0 Å². The Balaban J connectivity index is 2.02. The van der Waals surface area contributed by atoms with Gasteiger partial charge < -0.3 is 5.73 Å². The summed E-state index contributed by atoms with van der Waals surface area (Å²) in [5.74, 6) is 0. The number of aryl methyl sites for hydroxylation is 1. The third-order valence-electron chi connectivity index (χ3n) is 3.44. The van der Waals surface area contributed by atoms with Crippen molar-refractivity contribution in [2.75, 3.05) is 0 Å². The van der Waals surface area contributed by atoms with E-state index in [1.165, 1.54) is 22.3 Å². The Morgan fingerprint density at radius 3 is 2.47 bits per heavy atom. The van der Waals surface area contributed by atoms with E-state index >= 15 is 0 Å². The van der Waals surface area contributed by atoms with Crippen LogP contribution in [-0.2, 0) is 6.42 Å². The third-order valence-corrected chi connectivity index (χ3v) is 3.97. The summed E-state index contributed by atoms with van der Waals surface area (Å²) in [6.45, 7) is 0. The number of hydrogen-bond donors (Lipinski definition) is 1. The third kappa shape index (κ3) is 2.03. The van der Waals surface area contributed by atoms with Crippen LogP contribution in [0.15, 0.2) is 46.9 Å². The van der Waals surface area contributed by atoms with Crippen LogP contribution in [-0.4, -0.2) is 0 Å². The first-order valence-corrected chi connectivity index (χ1v) is 6.68. The summed E-state index contributed by atoms with van der Waals surface area (Å²) < 4.78 is 1.12. The lowest BCUT2D eigenvalue weighted by Gasteiger charge is -2.07. The van der Waals surface area contributed by atoms with Gasteiger partial charge in [-0.05, 0) is 47.2 Å². The van der Waals surface area contributed by atoms with Crippen molar-refractivity contribution in [2.45, 2.75) is 18.9 Å². The number of halogens is 1. The Bertz CT molecular complexity index is 545. The lowest BCUT2D eigenvalue weighted by atomic mass is 10.00. The Morgan fingerprint density at radius 1 is 1.00 bits per heavy atom. The molecule has 0 aliphatic heterocycles. The molecule has 86 valence electrons. The molecule has 2 N–H and O–H groups in total. The van der Waals surface area contributed by atoms with Crippen LogP contribution >= 0.6 is 15.9 Å². The molecular formula is C15H14BrN. The zero-order chi connectivity index (χ0) is 11.8. The summed E-state index contributed by atoms with van der Waals surface area (Å²) in [7, 11) is 0. The molecule has 2 heteroatoms. The van der Waals surface area contributed by atoms with Crippen molar-refractivity contribution in [3.05, 3.63) is 58.1 Å². The van der Waals surface area contributed by atoms with Crippen LogP contribution in [0.1, 0.15) is 23.6 Å². The highest BCUT2D eigenvalue weighted by molar-refractivity contribution is 9.10. The van der Waals surface area contributed by atoms with Gasteiger partial charge in [0, 0.05) is 10.5 Å². The van der Waals surface area contributed by atoms with Crippen LogP contribution in [0, 0.1) is 0 Å². The molecule has 17 heavy (non-hydrogen) atoms. The zero-order valence-electron chi connectivity index (χ0n) is 9.49. The van der Waals surface area contributed by atoms with Gasteiger partial charge in [-0.3, -0.25) is 0 Å². The summed E-state index contributed by atoms with van der Waals surface area (Å²) in [6, 6.07) is 15.3. The monoisotopic (exact) mass is 287 g/mol. The molecule has 1 nitrogen and oxygen atoms in total. The highest BCUT2D eigenvalue weighted by atomic mass is 79.9. The van der Waals surface area contributed by atoms with Crippen molar-refractivity contribution in [2.24, 2.45) is 5.73 Å². The first kappa shape index (κ1) is 11.0. The van der Waals surface area contributed by atoms with Crippen molar-refractivity contribution in [3.8, 4) is 11.1 Å². The Hall–Kier alpha value is -1.12. The van der Waals surface area contributed by atoms with Crippen molar-refractivity contribution < 1.29 is 0 Å². The fourth-order valence-corrected chi connectivity index (χ4v) is 2.74. The molecule has 0 amide bonds. The van der Waals surface area contributed by atoms with E-state index in [0.717, 1.165) is 17.3 Å². The predicted molar refractivity (Wildman–Crippen MR) is 74.8 cm³/mol. The van der Waals surface area contributed by atoms with E-state index in [4.69, 9.17) is 5.73 Å². The molecule has 1 aliphatic rings. The number of rotatable bonds is 1. The van der Waals surface area contributed by atoms with Crippen molar-refractivity contribution in [3.63, 3.8) is 0 Å². The van der Waals surface area contributed by atoms with Gasteiger partial charge in [-0.15, -0.1) is 0 Å². The van der Waals surface area contributed by atoms with Gasteiger partial charge in [0.05, 0.1) is 0 Å². The highest BCUT2D eigenvalue weighted by Gasteiger charge is 2.18. The molecule has 0 bridgehead atoms. The largest absolute Gasteiger partial charge is 0.324 e. The molecule has 0 saturated heterocycles. The molecule has 1 aliphatic carbocycles. The van der Waals surface area contributed by atoms with Crippen LogP contribution in [0.3, 0.4) is 0 Å². The first-order valence-electron chi connectivity index (χ1n) is 5.88. The smallest absolute Gasteiger partial charge is 0.0300 e. The average molecular weight is 288 g/mol. The van der Waals surface area contributed by atoms with Crippen LogP contribution < -0.4 is 5.73 Å². The van der Waals surface area contributed by atoms with Gasteiger partial charge in [0.15, 0.2) is 0 Å². The summed E-state index contributed by atoms with van der Waals surface area (Å²) in [5.41, 5.74) is 11.3. The van der Waals surface area contributed by atoms with Gasteiger partial charge in [0.2, 0.25) is 0 Å². The number of benzene rings is 2. The second kappa shape index (κ2) is 4.28. The first-order chi connectivity index (χ1) is 8.24.